The van der Waals surface area contributed by atoms with Crippen molar-refractivity contribution in [2.24, 2.45) is 0 Å². The Kier molecular flexibility index (Phi) is 3.49. The van der Waals surface area contributed by atoms with Gasteiger partial charge in [-0.15, -0.1) is 0 Å². The zero-order valence-corrected chi connectivity index (χ0v) is 13.0. The zero-order valence-electron chi connectivity index (χ0n) is 11.4. The molecule has 0 fully saturated rings. The van der Waals surface area contributed by atoms with E-state index in [1.54, 1.807) is 7.11 Å². The summed E-state index contributed by atoms with van der Waals surface area (Å²) in [6.45, 7) is 2.94. The van der Waals surface area contributed by atoms with Crippen molar-refractivity contribution in [3.8, 4) is 16.9 Å². The number of rotatable bonds is 3. The molecule has 0 atom stereocenters. The highest BCUT2D eigenvalue weighted by molar-refractivity contribution is 9.10. The van der Waals surface area contributed by atoms with E-state index >= 15 is 0 Å². The highest BCUT2D eigenvalue weighted by atomic mass is 79.9. The lowest BCUT2D eigenvalue weighted by molar-refractivity contribution is 0.415. The molecule has 1 aromatic heterocycles. The minimum Gasteiger partial charge on any atom is -0.497 e. The first-order chi connectivity index (χ1) is 9.72. The molecule has 102 valence electrons. The summed E-state index contributed by atoms with van der Waals surface area (Å²) in [4.78, 5) is 0. The van der Waals surface area contributed by atoms with Crippen LogP contribution in [0, 0.1) is 0 Å². The van der Waals surface area contributed by atoms with E-state index in [4.69, 9.17) is 4.74 Å². The lowest BCUT2D eigenvalue weighted by Crippen LogP contribution is -1.95. The second kappa shape index (κ2) is 5.29. The summed E-state index contributed by atoms with van der Waals surface area (Å²) < 4.78 is 8.19. The predicted octanol–water partition coefficient (Wildman–Crippen LogP) is 4.49. The molecule has 3 nitrogen and oxygen atoms in total. The van der Waals surface area contributed by atoms with Gasteiger partial charge in [-0.3, -0.25) is 4.68 Å². The summed E-state index contributed by atoms with van der Waals surface area (Å²) in [6, 6.07) is 14.4. The summed E-state index contributed by atoms with van der Waals surface area (Å²) >= 11 is 3.60. The Balaban J connectivity index is 2.07. The van der Waals surface area contributed by atoms with Gasteiger partial charge < -0.3 is 4.74 Å². The molecule has 0 radical (unpaired) electrons. The number of ether oxygens (including phenoxy) is 1. The molecule has 3 rings (SSSR count). The summed E-state index contributed by atoms with van der Waals surface area (Å²) in [7, 11) is 1.68. The quantitative estimate of drug-likeness (QED) is 0.707. The highest BCUT2D eigenvalue weighted by Gasteiger charge is 2.08. The predicted molar refractivity (Wildman–Crippen MR) is 85.1 cm³/mol. The fraction of sp³-hybridized carbons (Fsp3) is 0.188. The third kappa shape index (κ3) is 2.20. The second-order valence-electron chi connectivity index (χ2n) is 4.57. The molecule has 3 aromatic rings. The van der Waals surface area contributed by atoms with E-state index in [1.807, 2.05) is 16.8 Å². The number of hydrogen-bond donors (Lipinski definition) is 0. The average molecular weight is 331 g/mol. The van der Waals surface area contributed by atoms with Gasteiger partial charge in [0.05, 0.1) is 12.6 Å². The minimum atomic E-state index is 0.854. The smallest absolute Gasteiger partial charge is 0.118 e. The van der Waals surface area contributed by atoms with Gasteiger partial charge in [-0.1, -0.05) is 18.2 Å². The Morgan fingerprint density at radius 3 is 2.45 bits per heavy atom. The van der Waals surface area contributed by atoms with Gasteiger partial charge in [0.1, 0.15) is 10.4 Å². The van der Waals surface area contributed by atoms with E-state index in [0.717, 1.165) is 38.9 Å². The first-order valence-electron chi connectivity index (χ1n) is 6.53. The molecule has 0 aliphatic carbocycles. The number of hydrogen-bond acceptors (Lipinski definition) is 2. The Hall–Kier alpha value is -1.81. The lowest BCUT2D eigenvalue weighted by Gasteiger charge is -2.03. The van der Waals surface area contributed by atoms with Crippen LogP contribution >= 0.6 is 15.9 Å². The van der Waals surface area contributed by atoms with Crippen LogP contribution in [0.25, 0.3) is 22.0 Å². The third-order valence-electron chi connectivity index (χ3n) is 3.40. The van der Waals surface area contributed by atoms with Gasteiger partial charge in [-0.2, -0.15) is 5.10 Å². The van der Waals surface area contributed by atoms with E-state index in [9.17, 15) is 0 Å². The number of benzene rings is 2. The standard InChI is InChI=1S/C16H15BrN2O/c1-3-19-16(17)14-9-6-12(10-15(14)18-19)11-4-7-13(20-2)8-5-11/h4-10H,3H2,1-2H3. The van der Waals surface area contributed by atoms with E-state index in [-0.39, 0.29) is 0 Å². The number of halogens is 1. The molecule has 0 spiro atoms. The van der Waals surface area contributed by atoms with Crippen molar-refractivity contribution in [2.75, 3.05) is 7.11 Å². The molecule has 0 saturated carbocycles. The lowest BCUT2D eigenvalue weighted by atomic mass is 10.0. The van der Waals surface area contributed by atoms with E-state index in [1.165, 1.54) is 0 Å². The van der Waals surface area contributed by atoms with Gasteiger partial charge in [0, 0.05) is 11.9 Å². The van der Waals surface area contributed by atoms with E-state index in [0.29, 0.717) is 0 Å². The maximum Gasteiger partial charge on any atom is 0.118 e. The number of fused-ring (bicyclic) bond motifs is 1. The van der Waals surface area contributed by atoms with Crippen molar-refractivity contribution in [3.05, 3.63) is 47.1 Å². The SMILES string of the molecule is CCn1nc2cc(-c3ccc(OC)cc3)ccc2c1Br. The topological polar surface area (TPSA) is 27.1 Å². The largest absolute Gasteiger partial charge is 0.497 e. The van der Waals surface area contributed by atoms with Gasteiger partial charge in [0.15, 0.2) is 0 Å². The Morgan fingerprint density at radius 2 is 1.80 bits per heavy atom. The highest BCUT2D eigenvalue weighted by Crippen LogP contribution is 2.29. The molecule has 0 unspecified atom stereocenters. The van der Waals surface area contributed by atoms with Gasteiger partial charge in [0.25, 0.3) is 0 Å². The van der Waals surface area contributed by atoms with Gasteiger partial charge in [-0.05, 0) is 58.2 Å². The number of aryl methyl sites for hydroxylation is 1. The monoisotopic (exact) mass is 330 g/mol. The first kappa shape index (κ1) is 13.2. The fourth-order valence-corrected chi connectivity index (χ4v) is 2.94. The second-order valence-corrected chi connectivity index (χ2v) is 5.32. The van der Waals surface area contributed by atoms with Crippen LogP contribution in [0.5, 0.6) is 5.75 Å². The van der Waals surface area contributed by atoms with Crippen LogP contribution in [0.4, 0.5) is 0 Å². The summed E-state index contributed by atoms with van der Waals surface area (Å²) in [5, 5.41) is 5.74. The summed E-state index contributed by atoms with van der Waals surface area (Å²) in [6.07, 6.45) is 0. The van der Waals surface area contributed by atoms with Crippen LogP contribution in [0.2, 0.25) is 0 Å². The van der Waals surface area contributed by atoms with Gasteiger partial charge in [0.2, 0.25) is 0 Å². The van der Waals surface area contributed by atoms with Crippen molar-refractivity contribution in [1.29, 1.82) is 0 Å². The van der Waals surface area contributed by atoms with Crippen molar-refractivity contribution in [1.82, 2.24) is 9.78 Å². The van der Waals surface area contributed by atoms with Crippen LogP contribution in [0.15, 0.2) is 47.1 Å². The van der Waals surface area contributed by atoms with E-state index < -0.39 is 0 Å². The minimum absolute atomic E-state index is 0.854. The van der Waals surface area contributed by atoms with Crippen molar-refractivity contribution in [2.45, 2.75) is 13.5 Å². The van der Waals surface area contributed by atoms with Crippen LogP contribution in [-0.4, -0.2) is 16.9 Å². The Labute approximate surface area is 126 Å². The normalized spacial score (nSPS) is 10.9. The van der Waals surface area contributed by atoms with Crippen LogP contribution in [0.1, 0.15) is 6.92 Å². The molecule has 1 heterocycles. The van der Waals surface area contributed by atoms with Crippen molar-refractivity contribution < 1.29 is 4.74 Å². The maximum absolute atomic E-state index is 5.19. The molecule has 0 N–H and O–H groups in total. The zero-order chi connectivity index (χ0) is 14.1. The molecule has 0 aliphatic heterocycles. The molecule has 0 saturated heterocycles. The summed E-state index contributed by atoms with van der Waals surface area (Å²) in [5.74, 6) is 0.868. The van der Waals surface area contributed by atoms with Crippen molar-refractivity contribution >= 4 is 26.8 Å². The molecule has 0 bridgehead atoms. The molecule has 20 heavy (non-hydrogen) atoms. The number of aromatic nitrogens is 2. The van der Waals surface area contributed by atoms with E-state index in [2.05, 4.69) is 58.3 Å². The third-order valence-corrected chi connectivity index (χ3v) is 4.23. The molecular formula is C16H15BrN2O. The molecule has 0 amide bonds. The van der Waals surface area contributed by atoms with Gasteiger partial charge >= 0.3 is 0 Å². The number of methoxy groups -OCH3 is 1. The molecular weight excluding hydrogens is 316 g/mol. The first-order valence-corrected chi connectivity index (χ1v) is 7.32. The van der Waals surface area contributed by atoms with Crippen LogP contribution in [-0.2, 0) is 6.54 Å². The average Bonchev–Trinajstić information content (AvgIpc) is 2.83. The Bertz CT molecular complexity index is 747. The molecule has 0 aliphatic rings. The number of nitrogens with zero attached hydrogens (tertiary/aromatic N) is 2. The molecule has 4 heteroatoms. The maximum atomic E-state index is 5.19. The van der Waals surface area contributed by atoms with Crippen molar-refractivity contribution in [3.63, 3.8) is 0 Å². The Morgan fingerprint density at radius 1 is 1.10 bits per heavy atom. The van der Waals surface area contributed by atoms with Crippen LogP contribution in [0.3, 0.4) is 0 Å². The van der Waals surface area contributed by atoms with Gasteiger partial charge in [-0.25, -0.2) is 0 Å². The van der Waals surface area contributed by atoms with Crippen LogP contribution < -0.4 is 4.74 Å². The fourth-order valence-electron chi connectivity index (χ4n) is 2.27. The summed E-state index contributed by atoms with van der Waals surface area (Å²) in [5.41, 5.74) is 3.33. The molecule has 2 aromatic carbocycles.